The number of benzene rings is 2. The van der Waals surface area contributed by atoms with Crippen LogP contribution in [0.25, 0.3) is 0 Å². The van der Waals surface area contributed by atoms with Gasteiger partial charge in [-0.05, 0) is 50.4 Å². The van der Waals surface area contributed by atoms with Crippen LogP contribution in [-0.4, -0.2) is 35.3 Å². The third kappa shape index (κ3) is 5.02. The van der Waals surface area contributed by atoms with Crippen molar-refractivity contribution in [2.45, 2.75) is 57.4 Å². The van der Waals surface area contributed by atoms with Crippen molar-refractivity contribution in [3.63, 3.8) is 0 Å². The predicted molar refractivity (Wildman–Crippen MR) is 119 cm³/mol. The summed E-state index contributed by atoms with van der Waals surface area (Å²) in [7, 11) is 0. The minimum absolute atomic E-state index is 0. The number of Topliss-reactive ketones (excluding diaryl/α,β-unsaturated/α-hetero) is 1. The van der Waals surface area contributed by atoms with E-state index >= 15 is 0 Å². The summed E-state index contributed by atoms with van der Waals surface area (Å²) in [5, 5.41) is 0. The van der Waals surface area contributed by atoms with Gasteiger partial charge in [-0.2, -0.15) is 0 Å². The van der Waals surface area contributed by atoms with Gasteiger partial charge in [-0.3, -0.25) is 4.79 Å². The molecule has 2 N–H and O–H groups in total. The van der Waals surface area contributed by atoms with Crippen molar-refractivity contribution in [2.24, 2.45) is 0 Å². The van der Waals surface area contributed by atoms with Crippen molar-refractivity contribution >= 4 is 18.2 Å². The average Bonchev–Trinajstić information content (AvgIpc) is 2.73. The molecule has 1 aliphatic rings. The smallest absolute Gasteiger partial charge is 0.147 e. The number of ketones is 1. The van der Waals surface area contributed by atoms with Crippen LogP contribution in [0.4, 0.5) is 0 Å². The largest absolute Gasteiger partial charge is 0.412 e. The minimum atomic E-state index is -0.561. The summed E-state index contributed by atoms with van der Waals surface area (Å²) in [6.07, 6.45) is 5.27. The van der Waals surface area contributed by atoms with Crippen LogP contribution in [0.2, 0.25) is 0 Å². The predicted octanol–water partition coefficient (Wildman–Crippen LogP) is 4.81. The Bertz CT molecular complexity index is 660. The van der Waals surface area contributed by atoms with Crippen molar-refractivity contribution in [3.8, 4) is 0 Å². The van der Waals surface area contributed by atoms with Gasteiger partial charge in [0, 0.05) is 12.5 Å². The van der Waals surface area contributed by atoms with Gasteiger partial charge in [0.2, 0.25) is 0 Å². The van der Waals surface area contributed by atoms with E-state index in [1.54, 1.807) is 0 Å². The molecule has 1 aliphatic heterocycles. The van der Waals surface area contributed by atoms with Crippen molar-refractivity contribution < 1.29 is 10.3 Å². The lowest BCUT2D eigenvalue weighted by Crippen LogP contribution is -2.46. The van der Waals surface area contributed by atoms with E-state index in [0.29, 0.717) is 18.2 Å². The van der Waals surface area contributed by atoms with E-state index in [9.17, 15) is 4.79 Å². The van der Waals surface area contributed by atoms with Crippen LogP contribution >= 0.6 is 12.4 Å². The monoisotopic (exact) mass is 403 g/mol. The lowest BCUT2D eigenvalue weighted by atomic mass is 9.66. The average molecular weight is 404 g/mol. The first-order chi connectivity index (χ1) is 12.7. The van der Waals surface area contributed by atoms with E-state index in [4.69, 9.17) is 0 Å². The molecule has 1 saturated heterocycles. The molecule has 0 radical (unpaired) electrons. The van der Waals surface area contributed by atoms with E-state index < -0.39 is 5.41 Å². The second-order valence-corrected chi connectivity index (χ2v) is 7.56. The number of rotatable bonds is 7. The molecule has 154 valence electrons. The summed E-state index contributed by atoms with van der Waals surface area (Å²) in [6.45, 7) is 6.60. The molecule has 2 aromatic rings. The SMILES string of the molecule is CCC(=O)C(CC(C)N1CCCCC1)(c1ccccc1)c1ccccc1.Cl.O. The molecule has 1 fully saturated rings. The van der Waals surface area contributed by atoms with E-state index in [2.05, 4.69) is 60.4 Å². The molecule has 0 aliphatic carbocycles. The second kappa shape index (κ2) is 11.4. The molecule has 2 aromatic carbocycles. The topological polar surface area (TPSA) is 51.8 Å². The number of hydrogen-bond donors (Lipinski definition) is 0. The van der Waals surface area contributed by atoms with Gasteiger partial charge in [0.25, 0.3) is 0 Å². The first-order valence-electron chi connectivity index (χ1n) is 10.1. The Labute approximate surface area is 175 Å². The summed E-state index contributed by atoms with van der Waals surface area (Å²) in [5.41, 5.74) is 1.69. The van der Waals surface area contributed by atoms with E-state index in [1.165, 1.54) is 19.3 Å². The number of likely N-dealkylation sites (tertiary alicyclic amines) is 1. The highest BCUT2D eigenvalue weighted by Gasteiger charge is 2.42. The molecule has 1 heterocycles. The Morgan fingerprint density at radius 2 is 1.39 bits per heavy atom. The van der Waals surface area contributed by atoms with E-state index in [1.807, 2.05) is 19.1 Å². The highest BCUT2D eigenvalue weighted by Crippen LogP contribution is 2.40. The highest BCUT2D eigenvalue weighted by molar-refractivity contribution is 5.93. The van der Waals surface area contributed by atoms with Crippen molar-refractivity contribution in [3.05, 3.63) is 71.8 Å². The van der Waals surface area contributed by atoms with Gasteiger partial charge in [0.15, 0.2) is 0 Å². The maximum Gasteiger partial charge on any atom is 0.147 e. The molecule has 3 nitrogen and oxygen atoms in total. The minimum Gasteiger partial charge on any atom is -0.412 e. The fourth-order valence-corrected chi connectivity index (χ4v) is 4.52. The molecular formula is C24H34ClNO2. The summed E-state index contributed by atoms with van der Waals surface area (Å²) in [5.74, 6) is 0.318. The molecule has 0 bridgehead atoms. The van der Waals surface area contributed by atoms with Crippen LogP contribution in [0.3, 0.4) is 0 Å². The first-order valence-corrected chi connectivity index (χ1v) is 10.1. The van der Waals surface area contributed by atoms with Crippen molar-refractivity contribution in [1.82, 2.24) is 4.90 Å². The molecular weight excluding hydrogens is 370 g/mol. The fourth-order valence-electron chi connectivity index (χ4n) is 4.52. The molecule has 0 aromatic heterocycles. The summed E-state index contributed by atoms with van der Waals surface area (Å²) < 4.78 is 0. The van der Waals surface area contributed by atoms with Crippen molar-refractivity contribution in [2.75, 3.05) is 13.1 Å². The Kier molecular flexibility index (Phi) is 9.88. The number of piperidine rings is 1. The third-order valence-electron chi connectivity index (χ3n) is 5.95. The van der Waals surface area contributed by atoms with Crippen LogP contribution < -0.4 is 0 Å². The molecule has 1 unspecified atom stereocenters. The zero-order valence-electron chi connectivity index (χ0n) is 17.1. The molecule has 1 atom stereocenters. The van der Waals surface area contributed by atoms with Gasteiger partial charge in [0.1, 0.15) is 5.78 Å². The molecule has 4 heteroatoms. The van der Waals surface area contributed by atoms with Crippen LogP contribution in [0.15, 0.2) is 60.7 Å². The molecule has 28 heavy (non-hydrogen) atoms. The third-order valence-corrected chi connectivity index (χ3v) is 5.95. The zero-order chi connectivity index (χ0) is 18.4. The van der Waals surface area contributed by atoms with Crippen LogP contribution in [0, 0.1) is 0 Å². The Morgan fingerprint density at radius 1 is 0.929 bits per heavy atom. The molecule has 0 saturated carbocycles. The second-order valence-electron chi connectivity index (χ2n) is 7.56. The normalized spacial score (nSPS) is 15.8. The maximum absolute atomic E-state index is 13.4. The van der Waals surface area contributed by atoms with Gasteiger partial charge in [0.05, 0.1) is 5.41 Å². The van der Waals surface area contributed by atoms with Gasteiger partial charge >= 0.3 is 0 Å². The summed E-state index contributed by atoms with van der Waals surface area (Å²) in [6, 6.07) is 21.2. The molecule has 0 spiro atoms. The van der Waals surface area contributed by atoms with Crippen LogP contribution in [0.5, 0.6) is 0 Å². The van der Waals surface area contributed by atoms with Gasteiger partial charge in [-0.1, -0.05) is 74.0 Å². The van der Waals surface area contributed by atoms with Gasteiger partial charge in [-0.15, -0.1) is 12.4 Å². The quantitative estimate of drug-likeness (QED) is 0.665. The summed E-state index contributed by atoms with van der Waals surface area (Å²) >= 11 is 0. The number of carbonyl (C=O) groups excluding carboxylic acids is 1. The van der Waals surface area contributed by atoms with Gasteiger partial charge in [-0.25, -0.2) is 0 Å². The maximum atomic E-state index is 13.4. The molecule has 3 rings (SSSR count). The Balaban J connectivity index is 0.00000196. The van der Waals surface area contributed by atoms with Crippen LogP contribution in [0.1, 0.15) is 57.1 Å². The van der Waals surface area contributed by atoms with E-state index in [-0.39, 0.29) is 17.9 Å². The Morgan fingerprint density at radius 3 is 1.82 bits per heavy atom. The lowest BCUT2D eigenvalue weighted by Gasteiger charge is -2.40. The zero-order valence-corrected chi connectivity index (χ0v) is 17.9. The lowest BCUT2D eigenvalue weighted by molar-refractivity contribution is -0.123. The standard InChI is InChI=1S/C24H31NO.ClH.H2O/c1-3-23(26)24(21-13-7-4-8-14-21,22-15-9-5-10-16-22)19-20(2)25-17-11-6-12-18-25;;/h4-5,7-10,13-16,20H,3,6,11-12,17-19H2,1-2H3;1H;1H2. The van der Waals surface area contributed by atoms with E-state index in [0.717, 1.165) is 30.6 Å². The van der Waals surface area contributed by atoms with Gasteiger partial charge < -0.3 is 10.4 Å². The first kappa shape index (κ1) is 24.4. The van der Waals surface area contributed by atoms with Crippen molar-refractivity contribution in [1.29, 1.82) is 0 Å². The fraction of sp³-hybridized carbons (Fsp3) is 0.458. The number of hydrogen-bond acceptors (Lipinski definition) is 2. The number of nitrogens with zero attached hydrogens (tertiary/aromatic N) is 1. The Hall–Kier alpha value is -1.68. The molecule has 0 amide bonds. The number of halogens is 1. The van der Waals surface area contributed by atoms with Crippen LogP contribution in [-0.2, 0) is 10.2 Å². The number of carbonyl (C=O) groups is 1. The highest BCUT2D eigenvalue weighted by atomic mass is 35.5. The summed E-state index contributed by atoms with van der Waals surface area (Å²) in [4.78, 5) is 16.0.